The van der Waals surface area contributed by atoms with Gasteiger partial charge in [0.1, 0.15) is 0 Å². The average Bonchev–Trinajstić information content (AvgIpc) is 2.16. The third-order valence-corrected chi connectivity index (χ3v) is 1.65. The zero-order chi connectivity index (χ0) is 8.81. The van der Waals surface area contributed by atoms with Gasteiger partial charge in [-0.25, -0.2) is 4.57 Å². The van der Waals surface area contributed by atoms with Crippen molar-refractivity contribution in [2.24, 2.45) is 0 Å². The summed E-state index contributed by atoms with van der Waals surface area (Å²) in [6.07, 6.45) is 4.43. The van der Waals surface area contributed by atoms with Crippen molar-refractivity contribution < 1.29 is 9.36 Å². The molecule has 1 amide bonds. The van der Waals surface area contributed by atoms with Gasteiger partial charge in [0.15, 0.2) is 18.9 Å². The van der Waals surface area contributed by atoms with Gasteiger partial charge in [0.05, 0.1) is 6.42 Å². The third-order valence-electron chi connectivity index (χ3n) is 1.65. The van der Waals surface area contributed by atoms with Crippen LogP contribution in [0.15, 0.2) is 30.6 Å². The maximum absolute atomic E-state index is 10.9. The van der Waals surface area contributed by atoms with Gasteiger partial charge in [-0.05, 0) is 0 Å². The Morgan fingerprint density at radius 1 is 1.33 bits per heavy atom. The Labute approximate surface area is 72.0 Å². The summed E-state index contributed by atoms with van der Waals surface area (Å²) in [6, 6.07) is 5.85. The minimum absolute atomic E-state index is 0.0753. The van der Waals surface area contributed by atoms with E-state index in [-0.39, 0.29) is 5.91 Å². The van der Waals surface area contributed by atoms with Gasteiger partial charge in [0.2, 0.25) is 5.91 Å². The fraction of sp³-hybridized carbons (Fsp3) is 0.333. The van der Waals surface area contributed by atoms with Crippen LogP contribution >= 0.6 is 0 Å². The van der Waals surface area contributed by atoms with Gasteiger partial charge in [-0.3, -0.25) is 4.79 Å². The van der Waals surface area contributed by atoms with Crippen LogP contribution in [0, 0.1) is 0 Å². The lowest BCUT2D eigenvalue weighted by molar-refractivity contribution is -0.695. The molecule has 0 aliphatic heterocycles. The summed E-state index contributed by atoms with van der Waals surface area (Å²) in [5, 5.41) is 2.58. The molecule has 0 bridgehead atoms. The molecule has 0 unspecified atom stereocenters. The molecule has 0 aliphatic rings. The molecule has 1 aromatic heterocycles. The highest BCUT2D eigenvalue weighted by Crippen LogP contribution is 1.81. The number of nitrogens with zero attached hydrogens (tertiary/aromatic N) is 1. The summed E-state index contributed by atoms with van der Waals surface area (Å²) in [7, 11) is 1.65. The Morgan fingerprint density at radius 2 is 2.00 bits per heavy atom. The Bertz CT molecular complexity index is 246. The van der Waals surface area contributed by atoms with Crippen molar-refractivity contribution in [1.29, 1.82) is 0 Å². The number of hydrogen-bond acceptors (Lipinski definition) is 1. The first-order chi connectivity index (χ1) is 5.83. The summed E-state index contributed by atoms with van der Waals surface area (Å²) >= 11 is 0. The molecule has 1 heterocycles. The highest BCUT2D eigenvalue weighted by atomic mass is 16.1. The van der Waals surface area contributed by atoms with Gasteiger partial charge in [-0.15, -0.1) is 0 Å². The molecule has 0 spiro atoms. The first-order valence-electron chi connectivity index (χ1n) is 3.97. The standard InChI is InChI=1S/C9H12N2O/c1-10-9(12)5-8-11-6-3-2-4-7-11/h2-4,6-7H,5,8H2,1H3/p+1. The van der Waals surface area contributed by atoms with Crippen molar-refractivity contribution in [3.63, 3.8) is 0 Å². The van der Waals surface area contributed by atoms with Crippen molar-refractivity contribution in [2.75, 3.05) is 7.05 Å². The third kappa shape index (κ3) is 2.70. The molecule has 0 aromatic carbocycles. The lowest BCUT2D eigenvalue weighted by atomic mass is 10.4. The van der Waals surface area contributed by atoms with E-state index in [1.54, 1.807) is 7.05 Å². The molecular formula is C9H13N2O+. The number of carbonyl (C=O) groups is 1. The van der Waals surface area contributed by atoms with Crippen LogP contribution in [-0.4, -0.2) is 13.0 Å². The van der Waals surface area contributed by atoms with Crippen LogP contribution in [-0.2, 0) is 11.3 Å². The van der Waals surface area contributed by atoms with Crippen molar-refractivity contribution in [3.8, 4) is 0 Å². The van der Waals surface area contributed by atoms with Gasteiger partial charge in [0.25, 0.3) is 0 Å². The Balaban J connectivity index is 2.38. The quantitative estimate of drug-likeness (QED) is 0.634. The molecule has 1 aromatic rings. The van der Waals surface area contributed by atoms with Crippen LogP contribution in [0.5, 0.6) is 0 Å². The monoisotopic (exact) mass is 165 g/mol. The van der Waals surface area contributed by atoms with E-state index >= 15 is 0 Å². The molecule has 3 heteroatoms. The Kier molecular flexibility index (Phi) is 3.26. The van der Waals surface area contributed by atoms with E-state index in [2.05, 4.69) is 5.32 Å². The van der Waals surface area contributed by atoms with Crippen LogP contribution in [0.2, 0.25) is 0 Å². The number of nitrogens with one attached hydrogen (secondary N) is 1. The lowest BCUT2D eigenvalue weighted by Gasteiger charge is -1.95. The SMILES string of the molecule is CNC(=O)CC[n+]1ccccc1. The van der Waals surface area contributed by atoms with E-state index in [0.717, 1.165) is 6.54 Å². The molecule has 0 atom stereocenters. The van der Waals surface area contributed by atoms with E-state index in [9.17, 15) is 4.79 Å². The molecule has 64 valence electrons. The van der Waals surface area contributed by atoms with Gasteiger partial charge in [-0.2, -0.15) is 0 Å². The second-order valence-electron chi connectivity index (χ2n) is 2.54. The van der Waals surface area contributed by atoms with Gasteiger partial charge < -0.3 is 5.32 Å². The molecule has 0 saturated carbocycles. The predicted molar refractivity (Wildman–Crippen MR) is 45.3 cm³/mol. The normalized spacial score (nSPS) is 9.42. The van der Waals surface area contributed by atoms with Crippen molar-refractivity contribution >= 4 is 5.91 Å². The number of amides is 1. The first kappa shape index (κ1) is 8.71. The van der Waals surface area contributed by atoms with Crippen LogP contribution in [0.1, 0.15) is 6.42 Å². The van der Waals surface area contributed by atoms with E-state index in [1.807, 2.05) is 35.2 Å². The smallest absolute Gasteiger partial charge is 0.226 e. The van der Waals surface area contributed by atoms with Crippen LogP contribution in [0.25, 0.3) is 0 Å². The van der Waals surface area contributed by atoms with E-state index < -0.39 is 0 Å². The minimum atomic E-state index is 0.0753. The summed E-state index contributed by atoms with van der Waals surface area (Å²) in [5.74, 6) is 0.0753. The van der Waals surface area contributed by atoms with Crippen molar-refractivity contribution in [1.82, 2.24) is 5.32 Å². The predicted octanol–water partition coefficient (Wildman–Crippen LogP) is 0.110. The Morgan fingerprint density at radius 3 is 2.58 bits per heavy atom. The lowest BCUT2D eigenvalue weighted by Crippen LogP contribution is -2.35. The maximum atomic E-state index is 10.9. The molecule has 1 N–H and O–H groups in total. The van der Waals surface area contributed by atoms with E-state index in [4.69, 9.17) is 0 Å². The zero-order valence-corrected chi connectivity index (χ0v) is 7.16. The van der Waals surface area contributed by atoms with E-state index in [1.165, 1.54) is 0 Å². The summed E-state index contributed by atoms with van der Waals surface area (Å²) in [4.78, 5) is 10.9. The topological polar surface area (TPSA) is 33.0 Å². The van der Waals surface area contributed by atoms with Crippen LogP contribution < -0.4 is 9.88 Å². The van der Waals surface area contributed by atoms with Crippen LogP contribution in [0.4, 0.5) is 0 Å². The number of pyridine rings is 1. The molecule has 1 rings (SSSR count). The average molecular weight is 165 g/mol. The van der Waals surface area contributed by atoms with Crippen molar-refractivity contribution in [3.05, 3.63) is 30.6 Å². The summed E-state index contributed by atoms with van der Waals surface area (Å²) in [6.45, 7) is 0.737. The fourth-order valence-corrected chi connectivity index (χ4v) is 0.939. The molecule has 0 aliphatic carbocycles. The highest BCUT2D eigenvalue weighted by Gasteiger charge is 2.02. The van der Waals surface area contributed by atoms with Crippen LogP contribution in [0.3, 0.4) is 0 Å². The van der Waals surface area contributed by atoms with Gasteiger partial charge in [-0.1, -0.05) is 6.07 Å². The number of aryl methyl sites for hydroxylation is 1. The number of aromatic nitrogens is 1. The molecule has 12 heavy (non-hydrogen) atoms. The van der Waals surface area contributed by atoms with Crippen molar-refractivity contribution in [2.45, 2.75) is 13.0 Å². The highest BCUT2D eigenvalue weighted by molar-refractivity contribution is 5.75. The van der Waals surface area contributed by atoms with Gasteiger partial charge in [0, 0.05) is 19.2 Å². The first-order valence-corrected chi connectivity index (χ1v) is 3.97. The van der Waals surface area contributed by atoms with E-state index in [0.29, 0.717) is 6.42 Å². The second kappa shape index (κ2) is 4.49. The maximum Gasteiger partial charge on any atom is 0.226 e. The molecular weight excluding hydrogens is 152 g/mol. The fourth-order valence-electron chi connectivity index (χ4n) is 0.939. The Hall–Kier alpha value is -1.38. The molecule has 0 fully saturated rings. The zero-order valence-electron chi connectivity index (χ0n) is 7.16. The van der Waals surface area contributed by atoms with Gasteiger partial charge >= 0.3 is 0 Å². The summed E-state index contributed by atoms with van der Waals surface area (Å²) in [5.41, 5.74) is 0. The molecule has 0 radical (unpaired) electrons. The number of hydrogen-bond donors (Lipinski definition) is 1. The molecule has 0 saturated heterocycles. The summed E-state index contributed by atoms with van der Waals surface area (Å²) < 4.78 is 1.98. The minimum Gasteiger partial charge on any atom is -0.359 e. The largest absolute Gasteiger partial charge is 0.359 e. The second-order valence-corrected chi connectivity index (χ2v) is 2.54. The number of carbonyl (C=O) groups excluding carboxylic acids is 1. The molecule has 3 nitrogen and oxygen atoms in total. The number of rotatable bonds is 3.